The fraction of sp³-hybridized carbons (Fsp3) is 0.300. The summed E-state index contributed by atoms with van der Waals surface area (Å²) in [6.07, 6.45) is 0. The minimum atomic E-state index is -0.515. The number of ether oxygens (including phenoxy) is 1. The molecule has 2 rings (SSSR count). The second-order valence-corrected chi connectivity index (χ2v) is 4.36. The Bertz CT molecular complexity index is 613. The molecule has 0 saturated heterocycles. The Morgan fingerprint density at radius 2 is 2.39 bits per heavy atom. The third kappa shape index (κ3) is 2.48. The van der Waals surface area contributed by atoms with E-state index in [-0.39, 0.29) is 11.4 Å². The SMILES string of the molecule is COC(=O)c1ccc(CSc2n[nH]c(=O)n2C)o1. The molecule has 96 valence electrons. The van der Waals surface area contributed by atoms with Gasteiger partial charge in [0.05, 0.1) is 12.9 Å². The van der Waals surface area contributed by atoms with Crippen molar-refractivity contribution in [2.45, 2.75) is 10.9 Å². The molecule has 18 heavy (non-hydrogen) atoms. The van der Waals surface area contributed by atoms with Gasteiger partial charge in [-0.1, -0.05) is 11.8 Å². The lowest BCUT2D eigenvalue weighted by Gasteiger charge is -1.97. The monoisotopic (exact) mass is 269 g/mol. The number of aromatic amines is 1. The number of aromatic nitrogens is 3. The van der Waals surface area contributed by atoms with E-state index in [1.807, 2.05) is 0 Å². The molecule has 0 atom stereocenters. The quantitative estimate of drug-likeness (QED) is 0.651. The highest BCUT2D eigenvalue weighted by atomic mass is 32.2. The summed E-state index contributed by atoms with van der Waals surface area (Å²) in [6.45, 7) is 0. The lowest BCUT2D eigenvalue weighted by atomic mass is 10.4. The molecule has 0 amide bonds. The number of hydrogen-bond acceptors (Lipinski definition) is 6. The summed E-state index contributed by atoms with van der Waals surface area (Å²) in [4.78, 5) is 22.3. The van der Waals surface area contributed by atoms with E-state index in [1.165, 1.54) is 23.4 Å². The van der Waals surface area contributed by atoms with Gasteiger partial charge in [-0.15, -0.1) is 5.10 Å². The zero-order chi connectivity index (χ0) is 13.1. The first kappa shape index (κ1) is 12.5. The van der Waals surface area contributed by atoms with Crippen LogP contribution in [-0.2, 0) is 17.5 Å². The molecule has 0 spiro atoms. The van der Waals surface area contributed by atoms with E-state index in [4.69, 9.17) is 4.42 Å². The third-order valence-electron chi connectivity index (χ3n) is 2.23. The van der Waals surface area contributed by atoms with Crippen molar-refractivity contribution in [3.05, 3.63) is 34.1 Å². The second kappa shape index (κ2) is 5.13. The Hall–Kier alpha value is -1.96. The van der Waals surface area contributed by atoms with Gasteiger partial charge in [-0.3, -0.25) is 4.57 Å². The number of esters is 1. The number of thioether (sulfide) groups is 1. The maximum Gasteiger partial charge on any atom is 0.373 e. The smallest absolute Gasteiger partial charge is 0.373 e. The van der Waals surface area contributed by atoms with Gasteiger partial charge in [0.25, 0.3) is 0 Å². The molecular formula is C10H11N3O4S. The maximum absolute atomic E-state index is 11.2. The van der Waals surface area contributed by atoms with Crippen LogP contribution in [0.25, 0.3) is 0 Å². The van der Waals surface area contributed by atoms with Crippen molar-refractivity contribution in [2.75, 3.05) is 7.11 Å². The molecule has 0 bridgehead atoms. The number of rotatable bonds is 4. The Morgan fingerprint density at radius 3 is 3.00 bits per heavy atom. The second-order valence-electron chi connectivity index (χ2n) is 3.42. The van der Waals surface area contributed by atoms with Crippen molar-refractivity contribution in [1.82, 2.24) is 14.8 Å². The van der Waals surface area contributed by atoms with Crippen LogP contribution < -0.4 is 5.69 Å². The molecule has 0 aliphatic heterocycles. The number of nitrogens with one attached hydrogen (secondary N) is 1. The van der Waals surface area contributed by atoms with Crippen LogP contribution >= 0.6 is 11.8 Å². The molecule has 1 N–H and O–H groups in total. The highest BCUT2D eigenvalue weighted by Gasteiger charge is 2.12. The first-order valence-corrected chi connectivity index (χ1v) is 6.01. The van der Waals surface area contributed by atoms with Crippen molar-refractivity contribution >= 4 is 17.7 Å². The Labute approximate surface area is 106 Å². The summed E-state index contributed by atoms with van der Waals surface area (Å²) >= 11 is 1.33. The minimum absolute atomic E-state index is 0.156. The van der Waals surface area contributed by atoms with Gasteiger partial charge in [0, 0.05) is 7.05 Å². The number of furan rings is 1. The Morgan fingerprint density at radius 1 is 1.61 bits per heavy atom. The molecule has 2 aromatic heterocycles. The molecule has 0 aliphatic rings. The van der Waals surface area contributed by atoms with Crippen molar-refractivity contribution in [3.8, 4) is 0 Å². The van der Waals surface area contributed by atoms with Gasteiger partial charge in [0.1, 0.15) is 5.76 Å². The van der Waals surface area contributed by atoms with Crippen LogP contribution in [0, 0.1) is 0 Å². The first-order chi connectivity index (χ1) is 8.61. The van der Waals surface area contributed by atoms with Crippen LogP contribution in [0.15, 0.2) is 26.5 Å². The van der Waals surface area contributed by atoms with E-state index in [2.05, 4.69) is 14.9 Å². The van der Waals surface area contributed by atoms with Gasteiger partial charge < -0.3 is 9.15 Å². The largest absolute Gasteiger partial charge is 0.463 e. The summed E-state index contributed by atoms with van der Waals surface area (Å²) in [5.74, 6) is 0.716. The van der Waals surface area contributed by atoms with Gasteiger partial charge in [0.15, 0.2) is 5.16 Å². The van der Waals surface area contributed by atoms with Gasteiger partial charge in [-0.05, 0) is 12.1 Å². The van der Waals surface area contributed by atoms with E-state index >= 15 is 0 Å². The predicted molar refractivity (Wildman–Crippen MR) is 63.4 cm³/mol. The van der Waals surface area contributed by atoms with Crippen molar-refractivity contribution < 1.29 is 13.9 Å². The van der Waals surface area contributed by atoms with E-state index in [0.717, 1.165) is 0 Å². The van der Waals surface area contributed by atoms with E-state index < -0.39 is 5.97 Å². The Balaban J connectivity index is 2.02. The molecule has 0 unspecified atom stereocenters. The summed E-state index contributed by atoms with van der Waals surface area (Å²) in [5.41, 5.74) is -0.271. The van der Waals surface area contributed by atoms with E-state index in [9.17, 15) is 9.59 Å². The average molecular weight is 269 g/mol. The topological polar surface area (TPSA) is 90.1 Å². The summed E-state index contributed by atoms with van der Waals surface area (Å²) in [7, 11) is 2.91. The molecule has 8 heteroatoms. The van der Waals surface area contributed by atoms with Crippen LogP contribution in [-0.4, -0.2) is 27.8 Å². The third-order valence-corrected chi connectivity index (χ3v) is 3.28. The standard InChI is InChI=1S/C10H11N3O4S/c1-13-9(15)11-12-10(13)18-5-6-3-4-7(17-6)8(14)16-2/h3-4H,5H2,1-2H3,(H,11,15). The zero-order valence-electron chi connectivity index (χ0n) is 9.80. The van der Waals surface area contributed by atoms with E-state index in [0.29, 0.717) is 16.7 Å². The summed E-state index contributed by atoms with van der Waals surface area (Å²) < 4.78 is 11.2. The number of methoxy groups -OCH3 is 1. The highest BCUT2D eigenvalue weighted by Crippen LogP contribution is 2.20. The summed E-state index contributed by atoms with van der Waals surface area (Å²) in [5, 5.41) is 6.73. The van der Waals surface area contributed by atoms with Gasteiger partial charge in [-0.2, -0.15) is 0 Å². The van der Waals surface area contributed by atoms with Crippen molar-refractivity contribution in [3.63, 3.8) is 0 Å². The van der Waals surface area contributed by atoms with Crippen LogP contribution in [0.1, 0.15) is 16.3 Å². The van der Waals surface area contributed by atoms with Crippen LogP contribution in [0.5, 0.6) is 0 Å². The first-order valence-electron chi connectivity index (χ1n) is 5.03. The number of carbonyl (C=O) groups excluding carboxylic acids is 1. The van der Waals surface area contributed by atoms with Crippen molar-refractivity contribution in [1.29, 1.82) is 0 Å². The van der Waals surface area contributed by atoms with Gasteiger partial charge >= 0.3 is 11.7 Å². The van der Waals surface area contributed by atoms with Crippen LogP contribution in [0.3, 0.4) is 0 Å². The molecule has 0 aromatic carbocycles. The predicted octanol–water partition coefficient (Wildman–Crippen LogP) is 0.780. The highest BCUT2D eigenvalue weighted by molar-refractivity contribution is 7.98. The molecule has 2 heterocycles. The lowest BCUT2D eigenvalue weighted by molar-refractivity contribution is 0.0563. The van der Waals surface area contributed by atoms with Gasteiger partial charge in [0.2, 0.25) is 5.76 Å². The van der Waals surface area contributed by atoms with Crippen molar-refractivity contribution in [2.24, 2.45) is 7.05 Å². The molecule has 2 aromatic rings. The minimum Gasteiger partial charge on any atom is -0.463 e. The number of hydrogen-bond donors (Lipinski definition) is 1. The molecule has 0 fully saturated rings. The average Bonchev–Trinajstić information content (AvgIpc) is 2.96. The fourth-order valence-electron chi connectivity index (χ4n) is 1.26. The number of carbonyl (C=O) groups is 1. The molecule has 0 saturated carbocycles. The summed E-state index contributed by atoms with van der Waals surface area (Å²) in [6, 6.07) is 3.23. The van der Waals surface area contributed by atoms with Crippen LogP contribution in [0.2, 0.25) is 0 Å². The molecule has 0 aliphatic carbocycles. The zero-order valence-corrected chi connectivity index (χ0v) is 10.6. The molecular weight excluding hydrogens is 258 g/mol. The lowest BCUT2D eigenvalue weighted by Crippen LogP contribution is -2.12. The Kier molecular flexibility index (Phi) is 3.56. The number of nitrogens with zero attached hydrogens (tertiary/aromatic N) is 2. The number of H-pyrrole nitrogens is 1. The fourth-order valence-corrected chi connectivity index (χ4v) is 2.08. The van der Waals surface area contributed by atoms with Gasteiger partial charge in [-0.25, -0.2) is 14.7 Å². The van der Waals surface area contributed by atoms with Crippen LogP contribution in [0.4, 0.5) is 0 Å². The normalized spacial score (nSPS) is 10.6. The van der Waals surface area contributed by atoms with E-state index in [1.54, 1.807) is 19.2 Å². The maximum atomic E-state index is 11.2. The molecule has 7 nitrogen and oxygen atoms in total. The molecule has 0 radical (unpaired) electrons.